The first-order valence-electron chi connectivity index (χ1n) is 11.5. The largest absolute Gasteiger partial charge is 0.481 e. The Morgan fingerprint density at radius 3 is 2.00 bits per heavy atom. The quantitative estimate of drug-likeness (QED) is 0.258. The van der Waals surface area contributed by atoms with Crippen molar-refractivity contribution in [2.45, 2.75) is 90.9 Å². The van der Waals surface area contributed by atoms with Crippen molar-refractivity contribution in [3.05, 3.63) is 48.6 Å². The lowest BCUT2D eigenvalue weighted by Crippen LogP contribution is -2.08. The molecule has 0 amide bonds. The number of unbranched alkanes of at least 4 members (excludes halogenated alkanes) is 4. The molecule has 1 fully saturated rings. The molecule has 0 radical (unpaired) electrons. The van der Waals surface area contributed by atoms with Gasteiger partial charge in [-0.3, -0.25) is 4.79 Å². The van der Waals surface area contributed by atoms with Crippen molar-refractivity contribution in [3.63, 3.8) is 0 Å². The minimum atomic E-state index is -0.670. The zero-order chi connectivity index (χ0) is 20.5. The summed E-state index contributed by atoms with van der Waals surface area (Å²) in [6.45, 7) is 3.94. The summed E-state index contributed by atoms with van der Waals surface area (Å²) >= 11 is 0. The van der Waals surface area contributed by atoms with Gasteiger partial charge in [0, 0.05) is 0 Å². The summed E-state index contributed by atoms with van der Waals surface area (Å²) in [7, 11) is 0. The number of hydrogen-bond donors (Lipinski definition) is 1. The fraction of sp³-hybridized carbons (Fsp3) is 0.654. The van der Waals surface area contributed by atoms with E-state index in [0.717, 1.165) is 56.8 Å². The average molecular weight is 387 g/mol. The van der Waals surface area contributed by atoms with E-state index in [1.807, 2.05) is 0 Å². The lowest BCUT2D eigenvalue weighted by molar-refractivity contribution is -0.141. The predicted octanol–water partition coefficient (Wildman–Crippen LogP) is 7.88. The van der Waals surface area contributed by atoms with Gasteiger partial charge in [0.15, 0.2) is 0 Å². The maximum absolute atomic E-state index is 10.6. The van der Waals surface area contributed by atoms with Crippen LogP contribution in [0.1, 0.15) is 90.9 Å². The number of aliphatic carboxylic acids is 1. The zero-order valence-electron chi connectivity index (χ0n) is 18.2. The zero-order valence-corrected chi connectivity index (χ0v) is 18.2. The lowest BCUT2D eigenvalue weighted by atomic mass is 10.0. The molecule has 3 atom stereocenters. The summed E-state index contributed by atoms with van der Waals surface area (Å²) in [5, 5.41) is 8.77. The van der Waals surface area contributed by atoms with Crippen LogP contribution in [-0.2, 0) is 4.79 Å². The van der Waals surface area contributed by atoms with Gasteiger partial charge in [0.05, 0.1) is 5.92 Å². The Morgan fingerprint density at radius 2 is 1.50 bits per heavy atom. The van der Waals surface area contributed by atoms with Crippen LogP contribution in [-0.4, -0.2) is 11.1 Å². The van der Waals surface area contributed by atoms with E-state index in [-0.39, 0.29) is 5.92 Å². The summed E-state index contributed by atoms with van der Waals surface area (Å²) < 4.78 is 0. The minimum absolute atomic E-state index is 0.191. The molecule has 2 rings (SSSR count). The summed E-state index contributed by atoms with van der Waals surface area (Å²) in [6.07, 6.45) is 32.2. The standard InChI is InChI=1S/C19H32O2.C7H10/c1-3-4-5-6-7-8-9-10-11-12-13-14-15-16-17-18(2)19(20)21;1-2-7-4-3-6(1)5-7/h4-5,7-8,10-11,18H,3,6,9,12-17H2,1-2H3,(H,20,21);1-2,6-7H,3-5H2/b5-4-,8-7-,11-10-;. The second-order valence-electron chi connectivity index (χ2n) is 8.24. The number of fused-ring (bicyclic) bond motifs is 2. The second kappa shape index (κ2) is 16.4. The molecular formula is C26H42O2. The number of carboxylic acid groups (broad SMARTS) is 1. The molecule has 1 saturated carbocycles. The first kappa shape index (κ1) is 24.5. The van der Waals surface area contributed by atoms with Crippen LogP contribution in [0.2, 0.25) is 0 Å². The van der Waals surface area contributed by atoms with Crippen LogP contribution >= 0.6 is 0 Å². The van der Waals surface area contributed by atoms with Gasteiger partial charge in [0.2, 0.25) is 0 Å². The van der Waals surface area contributed by atoms with Crippen molar-refractivity contribution in [1.29, 1.82) is 0 Å². The molecule has 0 spiro atoms. The Kier molecular flexibility index (Phi) is 14.3. The molecule has 28 heavy (non-hydrogen) atoms. The van der Waals surface area contributed by atoms with Crippen LogP contribution in [0.4, 0.5) is 0 Å². The van der Waals surface area contributed by atoms with Gasteiger partial charge in [0.25, 0.3) is 0 Å². The molecule has 0 aromatic carbocycles. The van der Waals surface area contributed by atoms with Crippen molar-refractivity contribution in [3.8, 4) is 0 Å². The molecular weight excluding hydrogens is 344 g/mol. The highest BCUT2D eigenvalue weighted by Gasteiger charge is 2.25. The molecule has 2 bridgehead atoms. The third-order valence-corrected chi connectivity index (χ3v) is 5.63. The molecule has 0 aliphatic heterocycles. The van der Waals surface area contributed by atoms with E-state index in [2.05, 4.69) is 55.5 Å². The first-order valence-corrected chi connectivity index (χ1v) is 11.5. The highest BCUT2D eigenvalue weighted by molar-refractivity contribution is 5.69. The van der Waals surface area contributed by atoms with Gasteiger partial charge in [0.1, 0.15) is 0 Å². The number of carbonyl (C=O) groups is 1. The maximum atomic E-state index is 10.6. The lowest BCUT2D eigenvalue weighted by Gasteiger charge is -2.04. The highest BCUT2D eigenvalue weighted by Crippen LogP contribution is 2.38. The topological polar surface area (TPSA) is 37.3 Å². The van der Waals surface area contributed by atoms with Gasteiger partial charge in [-0.05, 0) is 69.6 Å². The molecule has 1 N–H and O–H groups in total. The Labute approximate surface area is 173 Å². The SMILES string of the molecule is C1=CC2CCC1C2.CC/C=C\C/C=C\C/C=C\CCCCCCC(C)C(=O)O. The van der Waals surface area contributed by atoms with Crippen LogP contribution in [0.25, 0.3) is 0 Å². The van der Waals surface area contributed by atoms with E-state index < -0.39 is 5.97 Å². The number of allylic oxidation sites excluding steroid dienone is 8. The van der Waals surface area contributed by atoms with Gasteiger partial charge in [-0.25, -0.2) is 0 Å². The molecule has 2 aliphatic carbocycles. The molecule has 158 valence electrons. The number of carboxylic acids is 1. The van der Waals surface area contributed by atoms with Crippen LogP contribution in [0.15, 0.2) is 48.6 Å². The molecule has 0 heterocycles. The third kappa shape index (κ3) is 12.8. The molecule has 0 aromatic rings. The molecule has 3 unspecified atom stereocenters. The van der Waals surface area contributed by atoms with E-state index >= 15 is 0 Å². The normalized spacial score (nSPS) is 21.6. The van der Waals surface area contributed by atoms with Gasteiger partial charge in [-0.1, -0.05) is 81.7 Å². The molecule has 2 nitrogen and oxygen atoms in total. The van der Waals surface area contributed by atoms with Crippen LogP contribution in [0, 0.1) is 17.8 Å². The monoisotopic (exact) mass is 386 g/mol. The summed E-state index contributed by atoms with van der Waals surface area (Å²) in [5.74, 6) is 1.12. The van der Waals surface area contributed by atoms with Gasteiger partial charge < -0.3 is 5.11 Å². The van der Waals surface area contributed by atoms with Crippen LogP contribution in [0.5, 0.6) is 0 Å². The van der Waals surface area contributed by atoms with E-state index in [1.54, 1.807) is 6.92 Å². The Morgan fingerprint density at radius 1 is 0.929 bits per heavy atom. The van der Waals surface area contributed by atoms with E-state index in [4.69, 9.17) is 5.11 Å². The molecule has 2 aliphatic rings. The fourth-order valence-corrected chi connectivity index (χ4v) is 3.73. The number of rotatable bonds is 13. The van der Waals surface area contributed by atoms with Crippen molar-refractivity contribution in [1.82, 2.24) is 0 Å². The van der Waals surface area contributed by atoms with Crippen molar-refractivity contribution in [2.24, 2.45) is 17.8 Å². The highest BCUT2D eigenvalue weighted by atomic mass is 16.4. The van der Waals surface area contributed by atoms with Gasteiger partial charge in [-0.2, -0.15) is 0 Å². The van der Waals surface area contributed by atoms with Crippen LogP contribution in [0.3, 0.4) is 0 Å². The van der Waals surface area contributed by atoms with E-state index in [9.17, 15) is 4.79 Å². The van der Waals surface area contributed by atoms with Gasteiger partial charge in [-0.15, -0.1) is 0 Å². The third-order valence-electron chi connectivity index (χ3n) is 5.63. The van der Waals surface area contributed by atoms with Crippen molar-refractivity contribution >= 4 is 5.97 Å². The van der Waals surface area contributed by atoms with E-state index in [0.29, 0.717) is 0 Å². The summed E-state index contributed by atoms with van der Waals surface area (Å²) in [4.78, 5) is 10.6. The van der Waals surface area contributed by atoms with Crippen molar-refractivity contribution < 1.29 is 9.90 Å². The van der Waals surface area contributed by atoms with Crippen molar-refractivity contribution in [2.75, 3.05) is 0 Å². The molecule has 2 heteroatoms. The molecule has 0 saturated heterocycles. The molecule has 0 aromatic heterocycles. The Balaban J connectivity index is 0.000000453. The second-order valence-corrected chi connectivity index (χ2v) is 8.24. The number of hydrogen-bond acceptors (Lipinski definition) is 1. The van der Waals surface area contributed by atoms with Gasteiger partial charge >= 0.3 is 5.97 Å². The van der Waals surface area contributed by atoms with E-state index in [1.165, 1.54) is 32.1 Å². The minimum Gasteiger partial charge on any atom is -0.481 e. The fourth-order valence-electron chi connectivity index (χ4n) is 3.73. The predicted molar refractivity (Wildman–Crippen MR) is 121 cm³/mol. The Bertz CT molecular complexity index is 501. The Hall–Kier alpha value is -1.57. The first-order chi connectivity index (χ1) is 13.6. The average Bonchev–Trinajstić information content (AvgIpc) is 3.34. The summed E-state index contributed by atoms with van der Waals surface area (Å²) in [6, 6.07) is 0. The summed E-state index contributed by atoms with van der Waals surface area (Å²) in [5.41, 5.74) is 0. The smallest absolute Gasteiger partial charge is 0.306 e. The maximum Gasteiger partial charge on any atom is 0.306 e. The van der Waals surface area contributed by atoms with Crippen LogP contribution < -0.4 is 0 Å².